The van der Waals surface area contributed by atoms with Gasteiger partial charge in [-0.2, -0.15) is 0 Å². The van der Waals surface area contributed by atoms with Crippen molar-refractivity contribution in [1.82, 2.24) is 4.90 Å². The van der Waals surface area contributed by atoms with Crippen LogP contribution in [0.1, 0.15) is 31.9 Å². The fourth-order valence-corrected chi connectivity index (χ4v) is 2.00. The Labute approximate surface area is 119 Å². The Bertz CT molecular complexity index is 444. The number of methoxy groups -OCH3 is 1. The van der Waals surface area contributed by atoms with E-state index in [2.05, 4.69) is 0 Å². The van der Waals surface area contributed by atoms with Gasteiger partial charge in [0.25, 0.3) is 5.91 Å². The number of hydrogen-bond donors (Lipinski definition) is 1. The van der Waals surface area contributed by atoms with Crippen LogP contribution >= 0.6 is 0 Å². The zero-order valence-electron chi connectivity index (χ0n) is 12.1. The van der Waals surface area contributed by atoms with Crippen LogP contribution in [0.2, 0.25) is 0 Å². The van der Waals surface area contributed by atoms with E-state index < -0.39 is 12.1 Å². The quantitative estimate of drug-likeness (QED) is 0.830. The maximum Gasteiger partial charge on any atom is 0.305 e. The second-order valence-electron chi connectivity index (χ2n) is 4.80. The van der Waals surface area contributed by atoms with Crippen LogP contribution in [0.25, 0.3) is 0 Å². The average molecular weight is 279 g/mol. The molecule has 0 spiro atoms. The van der Waals surface area contributed by atoms with Crippen molar-refractivity contribution in [3.05, 3.63) is 35.9 Å². The predicted molar refractivity (Wildman–Crippen MR) is 75.3 cm³/mol. The maximum atomic E-state index is 12.5. The fraction of sp³-hybridized carbons (Fsp3) is 0.467. The SMILES string of the molecule is COC(C(=O)N(CCC(=O)O)C(C)C)c1ccccc1. The van der Waals surface area contributed by atoms with E-state index in [4.69, 9.17) is 9.84 Å². The summed E-state index contributed by atoms with van der Waals surface area (Å²) in [6.45, 7) is 3.90. The van der Waals surface area contributed by atoms with E-state index in [-0.39, 0.29) is 24.9 Å². The molecule has 0 fully saturated rings. The minimum Gasteiger partial charge on any atom is -0.481 e. The standard InChI is InChI=1S/C15H21NO4/c1-11(2)16(10-9-13(17)18)15(19)14(20-3)12-7-5-4-6-8-12/h4-8,11,14H,9-10H2,1-3H3,(H,17,18). The molecule has 0 heterocycles. The van der Waals surface area contributed by atoms with Crippen LogP contribution in [0.15, 0.2) is 30.3 Å². The highest BCUT2D eigenvalue weighted by molar-refractivity contribution is 5.83. The first-order chi connectivity index (χ1) is 9.47. The zero-order chi connectivity index (χ0) is 15.1. The third kappa shape index (κ3) is 4.35. The van der Waals surface area contributed by atoms with Gasteiger partial charge in [-0.25, -0.2) is 0 Å². The molecule has 1 N–H and O–H groups in total. The molecule has 1 aromatic carbocycles. The van der Waals surface area contributed by atoms with Crippen LogP contribution in [-0.4, -0.2) is 41.6 Å². The highest BCUT2D eigenvalue weighted by Gasteiger charge is 2.27. The molecule has 1 aromatic rings. The van der Waals surface area contributed by atoms with E-state index in [9.17, 15) is 9.59 Å². The summed E-state index contributed by atoms with van der Waals surface area (Å²) in [4.78, 5) is 24.8. The van der Waals surface area contributed by atoms with Crippen molar-refractivity contribution in [1.29, 1.82) is 0 Å². The molecule has 0 saturated carbocycles. The first-order valence-electron chi connectivity index (χ1n) is 6.57. The number of aliphatic carboxylic acids is 1. The van der Waals surface area contributed by atoms with E-state index >= 15 is 0 Å². The van der Waals surface area contributed by atoms with Gasteiger partial charge < -0.3 is 14.7 Å². The Morgan fingerprint density at radius 1 is 1.25 bits per heavy atom. The van der Waals surface area contributed by atoms with Crippen molar-refractivity contribution in [2.45, 2.75) is 32.4 Å². The summed E-state index contributed by atoms with van der Waals surface area (Å²) >= 11 is 0. The lowest BCUT2D eigenvalue weighted by molar-refractivity contribution is -0.145. The van der Waals surface area contributed by atoms with Gasteiger partial charge in [0, 0.05) is 19.7 Å². The Kier molecular flexibility index (Phi) is 6.18. The van der Waals surface area contributed by atoms with Gasteiger partial charge in [0.05, 0.1) is 6.42 Å². The summed E-state index contributed by atoms with van der Waals surface area (Å²) in [5.41, 5.74) is 0.765. The van der Waals surface area contributed by atoms with Gasteiger partial charge in [0.1, 0.15) is 0 Å². The molecule has 0 saturated heterocycles. The van der Waals surface area contributed by atoms with Crippen molar-refractivity contribution in [3.63, 3.8) is 0 Å². The lowest BCUT2D eigenvalue weighted by Gasteiger charge is -2.29. The zero-order valence-corrected chi connectivity index (χ0v) is 12.1. The lowest BCUT2D eigenvalue weighted by Crippen LogP contribution is -2.41. The summed E-state index contributed by atoms with van der Waals surface area (Å²) in [5, 5.41) is 8.77. The Morgan fingerprint density at radius 2 is 1.85 bits per heavy atom. The number of ether oxygens (including phenoxy) is 1. The molecular formula is C15H21NO4. The highest BCUT2D eigenvalue weighted by atomic mass is 16.5. The number of carboxylic acid groups (broad SMARTS) is 1. The van der Waals surface area contributed by atoms with Gasteiger partial charge in [-0.05, 0) is 19.4 Å². The molecule has 110 valence electrons. The second kappa shape index (κ2) is 7.65. The van der Waals surface area contributed by atoms with Crippen LogP contribution in [0.4, 0.5) is 0 Å². The third-order valence-electron chi connectivity index (χ3n) is 3.04. The number of carbonyl (C=O) groups is 2. The van der Waals surface area contributed by atoms with Crippen molar-refractivity contribution in [2.24, 2.45) is 0 Å². The summed E-state index contributed by atoms with van der Waals surface area (Å²) in [5.74, 6) is -1.13. The number of benzene rings is 1. The monoisotopic (exact) mass is 279 g/mol. The van der Waals surface area contributed by atoms with Gasteiger partial charge in [0.2, 0.25) is 0 Å². The molecule has 0 aliphatic heterocycles. The van der Waals surface area contributed by atoms with Crippen LogP contribution in [0, 0.1) is 0 Å². The topological polar surface area (TPSA) is 66.8 Å². The summed E-state index contributed by atoms with van der Waals surface area (Å²) in [6.07, 6.45) is -0.776. The molecule has 0 aliphatic carbocycles. The summed E-state index contributed by atoms with van der Waals surface area (Å²) in [6, 6.07) is 9.11. The van der Waals surface area contributed by atoms with Crippen molar-refractivity contribution in [2.75, 3.05) is 13.7 Å². The van der Waals surface area contributed by atoms with E-state index in [1.807, 2.05) is 44.2 Å². The molecule has 5 heteroatoms. The van der Waals surface area contributed by atoms with Gasteiger partial charge in [-0.3, -0.25) is 9.59 Å². The van der Waals surface area contributed by atoms with Crippen molar-refractivity contribution >= 4 is 11.9 Å². The first kappa shape index (κ1) is 16.2. The van der Waals surface area contributed by atoms with Gasteiger partial charge >= 0.3 is 5.97 Å². The average Bonchev–Trinajstić information content (AvgIpc) is 2.40. The Hall–Kier alpha value is -1.88. The van der Waals surface area contributed by atoms with E-state index in [0.717, 1.165) is 5.56 Å². The highest BCUT2D eigenvalue weighted by Crippen LogP contribution is 2.20. The molecular weight excluding hydrogens is 258 g/mol. The molecule has 0 aromatic heterocycles. The van der Waals surface area contributed by atoms with E-state index in [0.29, 0.717) is 0 Å². The maximum absolute atomic E-state index is 12.5. The van der Waals surface area contributed by atoms with Gasteiger partial charge in [0.15, 0.2) is 6.10 Å². The normalized spacial score (nSPS) is 12.2. The van der Waals surface area contributed by atoms with Crippen LogP contribution in [0.3, 0.4) is 0 Å². The van der Waals surface area contributed by atoms with Gasteiger partial charge in [-0.1, -0.05) is 30.3 Å². The number of rotatable bonds is 7. The molecule has 1 amide bonds. The molecule has 1 rings (SSSR count). The lowest BCUT2D eigenvalue weighted by atomic mass is 10.1. The number of nitrogens with zero attached hydrogens (tertiary/aromatic N) is 1. The second-order valence-corrected chi connectivity index (χ2v) is 4.80. The predicted octanol–water partition coefficient (Wildman–Crippen LogP) is 2.09. The molecule has 5 nitrogen and oxygen atoms in total. The molecule has 20 heavy (non-hydrogen) atoms. The minimum absolute atomic E-state index is 0.0743. The summed E-state index contributed by atoms with van der Waals surface area (Å²) < 4.78 is 5.30. The number of hydrogen-bond acceptors (Lipinski definition) is 3. The third-order valence-corrected chi connectivity index (χ3v) is 3.04. The van der Waals surface area contributed by atoms with Gasteiger partial charge in [-0.15, -0.1) is 0 Å². The minimum atomic E-state index is -0.919. The molecule has 0 bridgehead atoms. The number of amides is 1. The van der Waals surface area contributed by atoms with Crippen molar-refractivity contribution in [3.8, 4) is 0 Å². The largest absolute Gasteiger partial charge is 0.481 e. The number of carboxylic acids is 1. The fourth-order valence-electron chi connectivity index (χ4n) is 2.00. The molecule has 1 atom stereocenters. The van der Waals surface area contributed by atoms with Crippen molar-refractivity contribution < 1.29 is 19.4 Å². The Morgan fingerprint density at radius 3 is 2.30 bits per heavy atom. The van der Waals surface area contributed by atoms with E-state index in [1.165, 1.54) is 12.0 Å². The summed E-state index contributed by atoms with van der Waals surface area (Å²) in [7, 11) is 1.48. The van der Waals surface area contributed by atoms with Crippen LogP contribution < -0.4 is 0 Å². The van der Waals surface area contributed by atoms with Crippen LogP contribution in [-0.2, 0) is 14.3 Å². The van der Waals surface area contributed by atoms with E-state index in [1.54, 1.807) is 0 Å². The molecule has 0 aliphatic rings. The smallest absolute Gasteiger partial charge is 0.305 e. The first-order valence-corrected chi connectivity index (χ1v) is 6.57. The Balaban J connectivity index is 2.89. The molecule has 1 unspecified atom stereocenters. The van der Waals surface area contributed by atoms with Crippen LogP contribution in [0.5, 0.6) is 0 Å². The molecule has 0 radical (unpaired) electrons. The number of carbonyl (C=O) groups excluding carboxylic acids is 1.